The van der Waals surface area contributed by atoms with Crippen molar-refractivity contribution in [2.24, 2.45) is 0 Å². The number of benzene rings is 1. The lowest BCUT2D eigenvalue weighted by Gasteiger charge is -2.24. The van der Waals surface area contributed by atoms with E-state index in [1.54, 1.807) is 12.4 Å². The maximum atomic E-state index is 5.44. The van der Waals surface area contributed by atoms with Crippen LogP contribution in [0.3, 0.4) is 0 Å². The van der Waals surface area contributed by atoms with Gasteiger partial charge in [0.1, 0.15) is 0 Å². The predicted octanol–water partition coefficient (Wildman–Crippen LogP) is 3.30. The van der Waals surface area contributed by atoms with Gasteiger partial charge in [-0.1, -0.05) is 30.3 Å². The summed E-state index contributed by atoms with van der Waals surface area (Å²) in [5.74, 6) is 0. The first-order valence-electron chi connectivity index (χ1n) is 6.29. The lowest BCUT2D eigenvalue weighted by molar-refractivity contribution is 0.442. The smallest absolute Gasteiger partial charge is 0.173 e. The second-order valence-electron chi connectivity index (χ2n) is 4.17. The van der Waals surface area contributed by atoms with Gasteiger partial charge in [0.15, 0.2) is 5.11 Å². The highest BCUT2D eigenvalue weighted by molar-refractivity contribution is 7.80. The Hall–Kier alpha value is -1.94. The second kappa shape index (κ2) is 6.85. The Morgan fingerprint density at radius 2 is 2.00 bits per heavy atom. The molecule has 0 saturated heterocycles. The Morgan fingerprint density at radius 3 is 2.63 bits per heavy atom. The third-order valence-corrected chi connectivity index (χ3v) is 3.16. The van der Waals surface area contributed by atoms with Crippen molar-refractivity contribution in [1.82, 2.24) is 9.88 Å². The molecule has 0 radical (unpaired) electrons. The number of aromatic nitrogens is 1. The van der Waals surface area contributed by atoms with E-state index in [9.17, 15) is 0 Å². The van der Waals surface area contributed by atoms with E-state index in [1.165, 1.54) is 5.56 Å². The van der Waals surface area contributed by atoms with E-state index in [-0.39, 0.29) is 0 Å². The van der Waals surface area contributed by atoms with Gasteiger partial charge in [-0.05, 0) is 36.8 Å². The second-order valence-corrected chi connectivity index (χ2v) is 4.56. The molecule has 2 rings (SSSR count). The molecule has 0 amide bonds. The minimum atomic E-state index is 0.722. The standard InChI is InChI=1S/C15H17N3S/c1-2-18(12-13-7-4-3-5-8-13)15(19)17-14-9-6-10-16-11-14/h3-11H,2,12H2,1H3,(H,17,19). The molecule has 1 aromatic carbocycles. The summed E-state index contributed by atoms with van der Waals surface area (Å²) >= 11 is 5.44. The Bertz CT molecular complexity index is 513. The lowest BCUT2D eigenvalue weighted by atomic mass is 10.2. The molecule has 3 nitrogen and oxygen atoms in total. The Balaban J connectivity index is 2.00. The molecule has 98 valence electrons. The van der Waals surface area contributed by atoms with Gasteiger partial charge in [0.05, 0.1) is 11.9 Å². The molecule has 0 atom stereocenters. The Kier molecular flexibility index (Phi) is 4.86. The third-order valence-electron chi connectivity index (χ3n) is 2.80. The van der Waals surface area contributed by atoms with Crippen LogP contribution >= 0.6 is 12.2 Å². The monoisotopic (exact) mass is 271 g/mol. The molecule has 2 aromatic rings. The average Bonchev–Trinajstić information content (AvgIpc) is 2.47. The quantitative estimate of drug-likeness (QED) is 0.864. The number of rotatable bonds is 4. The summed E-state index contributed by atoms with van der Waals surface area (Å²) in [6, 6.07) is 14.2. The van der Waals surface area contributed by atoms with Gasteiger partial charge in [0, 0.05) is 19.3 Å². The van der Waals surface area contributed by atoms with Crippen molar-refractivity contribution in [2.45, 2.75) is 13.5 Å². The SMILES string of the molecule is CCN(Cc1ccccc1)C(=S)Nc1cccnc1. The molecule has 1 N–H and O–H groups in total. The lowest BCUT2D eigenvalue weighted by Crippen LogP contribution is -2.34. The van der Waals surface area contributed by atoms with Crippen molar-refractivity contribution in [1.29, 1.82) is 0 Å². The summed E-state index contributed by atoms with van der Waals surface area (Å²) in [5.41, 5.74) is 2.17. The van der Waals surface area contributed by atoms with Gasteiger partial charge in [-0.3, -0.25) is 4.98 Å². The number of nitrogens with zero attached hydrogens (tertiary/aromatic N) is 2. The number of nitrogens with one attached hydrogen (secondary N) is 1. The first-order valence-corrected chi connectivity index (χ1v) is 6.70. The molecule has 0 saturated carbocycles. The van der Waals surface area contributed by atoms with Crippen molar-refractivity contribution in [2.75, 3.05) is 11.9 Å². The first-order chi connectivity index (χ1) is 9.29. The van der Waals surface area contributed by atoms with Crippen LogP contribution in [-0.4, -0.2) is 21.5 Å². The molecule has 0 bridgehead atoms. The molecule has 19 heavy (non-hydrogen) atoms. The van der Waals surface area contributed by atoms with E-state index >= 15 is 0 Å². The maximum Gasteiger partial charge on any atom is 0.173 e. The van der Waals surface area contributed by atoms with Gasteiger partial charge >= 0.3 is 0 Å². The van der Waals surface area contributed by atoms with Crippen molar-refractivity contribution >= 4 is 23.0 Å². The summed E-state index contributed by atoms with van der Waals surface area (Å²) in [6.07, 6.45) is 3.51. The minimum Gasteiger partial charge on any atom is -0.345 e. The summed E-state index contributed by atoms with van der Waals surface area (Å²) in [7, 11) is 0. The van der Waals surface area contributed by atoms with Crippen LogP contribution in [0.25, 0.3) is 0 Å². The van der Waals surface area contributed by atoms with Crippen molar-refractivity contribution in [3.05, 3.63) is 60.4 Å². The molecule has 1 heterocycles. The molecule has 0 spiro atoms. The Morgan fingerprint density at radius 1 is 1.21 bits per heavy atom. The minimum absolute atomic E-state index is 0.722. The van der Waals surface area contributed by atoms with Gasteiger partial charge in [-0.15, -0.1) is 0 Å². The average molecular weight is 271 g/mol. The highest BCUT2D eigenvalue weighted by Gasteiger charge is 2.08. The highest BCUT2D eigenvalue weighted by Crippen LogP contribution is 2.08. The van der Waals surface area contributed by atoms with Crippen molar-refractivity contribution < 1.29 is 0 Å². The van der Waals surface area contributed by atoms with E-state index in [4.69, 9.17) is 12.2 Å². The van der Waals surface area contributed by atoms with Crippen LogP contribution in [0.4, 0.5) is 5.69 Å². The van der Waals surface area contributed by atoms with Crippen LogP contribution in [0.1, 0.15) is 12.5 Å². The van der Waals surface area contributed by atoms with Crippen LogP contribution < -0.4 is 5.32 Å². The molecule has 4 heteroatoms. The zero-order chi connectivity index (χ0) is 13.5. The number of anilines is 1. The van der Waals surface area contributed by atoms with Gasteiger partial charge in [-0.25, -0.2) is 0 Å². The van der Waals surface area contributed by atoms with E-state index in [1.807, 2.05) is 30.3 Å². The molecule has 0 aliphatic rings. The number of thiocarbonyl (C=S) groups is 1. The molecule has 0 fully saturated rings. The zero-order valence-electron chi connectivity index (χ0n) is 10.9. The van der Waals surface area contributed by atoms with E-state index < -0.39 is 0 Å². The summed E-state index contributed by atoms with van der Waals surface area (Å²) < 4.78 is 0. The van der Waals surface area contributed by atoms with Gasteiger partial charge in [0.25, 0.3) is 0 Å². The third kappa shape index (κ3) is 4.03. The fourth-order valence-electron chi connectivity index (χ4n) is 1.77. The fourth-order valence-corrected chi connectivity index (χ4v) is 2.08. The predicted molar refractivity (Wildman–Crippen MR) is 83.0 cm³/mol. The van der Waals surface area contributed by atoms with Gasteiger partial charge in [0.2, 0.25) is 0 Å². The fraction of sp³-hybridized carbons (Fsp3) is 0.200. The summed E-state index contributed by atoms with van der Waals surface area (Å²) in [4.78, 5) is 6.19. The van der Waals surface area contributed by atoms with Crippen molar-refractivity contribution in [3.63, 3.8) is 0 Å². The molecule has 0 aliphatic heterocycles. The van der Waals surface area contributed by atoms with E-state index in [0.717, 1.165) is 23.9 Å². The summed E-state index contributed by atoms with van der Waals surface area (Å²) in [5, 5.41) is 3.93. The number of hydrogen-bond acceptors (Lipinski definition) is 2. The van der Waals surface area contributed by atoms with Gasteiger partial charge < -0.3 is 10.2 Å². The summed E-state index contributed by atoms with van der Waals surface area (Å²) in [6.45, 7) is 3.77. The molecule has 1 aromatic heterocycles. The maximum absolute atomic E-state index is 5.44. The van der Waals surface area contributed by atoms with Crippen LogP contribution in [0.2, 0.25) is 0 Å². The molecule has 0 aliphatic carbocycles. The molecule has 0 unspecified atom stereocenters. The number of hydrogen-bond donors (Lipinski definition) is 1. The topological polar surface area (TPSA) is 28.2 Å². The molecular weight excluding hydrogens is 254 g/mol. The van der Waals surface area contributed by atoms with E-state index in [2.05, 4.69) is 34.3 Å². The Labute approximate surface area is 119 Å². The van der Waals surface area contributed by atoms with Gasteiger partial charge in [-0.2, -0.15) is 0 Å². The van der Waals surface area contributed by atoms with Crippen LogP contribution in [0, 0.1) is 0 Å². The normalized spacial score (nSPS) is 9.95. The molecular formula is C15H17N3S. The number of pyridine rings is 1. The van der Waals surface area contributed by atoms with Crippen molar-refractivity contribution in [3.8, 4) is 0 Å². The van der Waals surface area contributed by atoms with Crippen LogP contribution in [0.15, 0.2) is 54.9 Å². The van der Waals surface area contributed by atoms with Crippen LogP contribution in [-0.2, 0) is 6.54 Å². The zero-order valence-corrected chi connectivity index (χ0v) is 11.7. The van der Waals surface area contributed by atoms with E-state index in [0.29, 0.717) is 0 Å². The highest BCUT2D eigenvalue weighted by atomic mass is 32.1. The first kappa shape index (κ1) is 13.5. The largest absolute Gasteiger partial charge is 0.345 e. The van der Waals surface area contributed by atoms with Crippen LogP contribution in [0.5, 0.6) is 0 Å².